The van der Waals surface area contributed by atoms with Gasteiger partial charge >= 0.3 is 0 Å². The maximum Gasteiger partial charge on any atom is 0.240 e. The zero-order valence-electron chi connectivity index (χ0n) is 13.0. The van der Waals surface area contributed by atoms with Crippen LogP contribution in [-0.4, -0.2) is 20.4 Å². The Morgan fingerprint density at radius 2 is 1.78 bits per heavy atom. The molecule has 0 saturated heterocycles. The van der Waals surface area contributed by atoms with Gasteiger partial charge in [0.25, 0.3) is 0 Å². The van der Waals surface area contributed by atoms with E-state index in [1.54, 1.807) is 18.2 Å². The molecule has 4 rings (SSSR count). The molecular formula is C17H22N2O3S. The monoisotopic (exact) mass is 334 g/mol. The number of anilines is 1. The number of rotatable bonds is 5. The molecule has 0 spiro atoms. The molecule has 0 unspecified atom stereocenters. The van der Waals surface area contributed by atoms with Crippen LogP contribution in [0.15, 0.2) is 23.1 Å². The molecule has 2 fully saturated rings. The first-order valence-corrected chi connectivity index (χ1v) is 9.96. The van der Waals surface area contributed by atoms with Crippen molar-refractivity contribution in [1.82, 2.24) is 4.72 Å². The van der Waals surface area contributed by atoms with E-state index in [2.05, 4.69) is 10.0 Å². The van der Waals surface area contributed by atoms with E-state index in [0.717, 1.165) is 49.8 Å². The lowest BCUT2D eigenvalue weighted by Gasteiger charge is -2.18. The third-order valence-electron chi connectivity index (χ3n) is 5.06. The third-order valence-corrected chi connectivity index (χ3v) is 6.52. The maximum atomic E-state index is 12.7. The number of benzene rings is 1. The van der Waals surface area contributed by atoms with Gasteiger partial charge in [0, 0.05) is 18.2 Å². The van der Waals surface area contributed by atoms with E-state index in [9.17, 15) is 13.2 Å². The van der Waals surface area contributed by atoms with Crippen molar-refractivity contribution in [3.8, 4) is 0 Å². The Kier molecular flexibility index (Phi) is 3.69. The molecule has 3 aliphatic rings. The van der Waals surface area contributed by atoms with E-state index in [4.69, 9.17) is 0 Å². The van der Waals surface area contributed by atoms with Gasteiger partial charge in [-0.1, -0.05) is 0 Å². The summed E-state index contributed by atoms with van der Waals surface area (Å²) in [6.45, 7) is 0. The van der Waals surface area contributed by atoms with E-state index in [1.807, 2.05) is 0 Å². The van der Waals surface area contributed by atoms with Gasteiger partial charge in [-0.25, -0.2) is 13.1 Å². The van der Waals surface area contributed by atoms with Crippen LogP contribution in [0.2, 0.25) is 0 Å². The van der Waals surface area contributed by atoms with E-state index < -0.39 is 10.0 Å². The summed E-state index contributed by atoms with van der Waals surface area (Å²) in [5.74, 6) is 1.05. The minimum Gasteiger partial charge on any atom is -0.326 e. The highest BCUT2D eigenvalue weighted by molar-refractivity contribution is 7.89. The number of nitrogens with one attached hydrogen (secondary N) is 2. The molecule has 1 aromatic carbocycles. The second kappa shape index (κ2) is 5.60. The standard InChI is InChI=1S/C17H22N2O3S/c20-16-3-1-2-13-10-14(8-9-15(13)18-16)23(21,22)19-17(11-4-5-11)12-6-7-12/h8-12,17,19H,1-7H2,(H,18,20). The van der Waals surface area contributed by atoms with Gasteiger partial charge in [-0.2, -0.15) is 0 Å². The molecule has 23 heavy (non-hydrogen) atoms. The molecule has 0 aromatic heterocycles. The van der Waals surface area contributed by atoms with Gasteiger partial charge in [0.15, 0.2) is 0 Å². The lowest BCUT2D eigenvalue weighted by molar-refractivity contribution is -0.116. The molecule has 1 aromatic rings. The Morgan fingerprint density at radius 3 is 2.43 bits per heavy atom. The van der Waals surface area contributed by atoms with Crippen molar-refractivity contribution < 1.29 is 13.2 Å². The highest BCUT2D eigenvalue weighted by Crippen LogP contribution is 2.45. The van der Waals surface area contributed by atoms with Crippen LogP contribution >= 0.6 is 0 Å². The van der Waals surface area contributed by atoms with Crippen molar-refractivity contribution in [3.63, 3.8) is 0 Å². The van der Waals surface area contributed by atoms with Crippen LogP contribution < -0.4 is 10.0 Å². The zero-order valence-corrected chi connectivity index (χ0v) is 13.9. The largest absolute Gasteiger partial charge is 0.326 e. The predicted octanol–water partition coefficient (Wildman–Crippen LogP) is 2.43. The summed E-state index contributed by atoms with van der Waals surface area (Å²) in [5.41, 5.74) is 1.65. The van der Waals surface area contributed by atoms with E-state index in [1.165, 1.54) is 0 Å². The van der Waals surface area contributed by atoms with Gasteiger partial charge in [0.05, 0.1) is 4.90 Å². The minimum atomic E-state index is -3.49. The van der Waals surface area contributed by atoms with Crippen molar-refractivity contribution in [3.05, 3.63) is 23.8 Å². The summed E-state index contributed by atoms with van der Waals surface area (Å²) in [4.78, 5) is 11.9. The van der Waals surface area contributed by atoms with Crippen LogP contribution in [0.25, 0.3) is 0 Å². The molecule has 1 amide bonds. The molecule has 5 nitrogen and oxygen atoms in total. The molecule has 2 saturated carbocycles. The van der Waals surface area contributed by atoms with Crippen molar-refractivity contribution in [2.24, 2.45) is 11.8 Å². The number of amides is 1. The van der Waals surface area contributed by atoms with Gasteiger partial charge in [0.1, 0.15) is 0 Å². The van der Waals surface area contributed by atoms with Crippen LogP contribution in [0.5, 0.6) is 0 Å². The first kappa shape index (κ1) is 15.1. The van der Waals surface area contributed by atoms with Gasteiger partial charge in [-0.05, 0) is 74.1 Å². The Bertz CT molecular complexity index is 724. The first-order valence-electron chi connectivity index (χ1n) is 8.48. The molecule has 0 radical (unpaired) electrons. The number of carbonyl (C=O) groups excluding carboxylic acids is 1. The molecule has 0 atom stereocenters. The smallest absolute Gasteiger partial charge is 0.240 e. The van der Waals surface area contributed by atoms with Crippen LogP contribution in [0, 0.1) is 11.8 Å². The quantitative estimate of drug-likeness (QED) is 0.868. The average Bonchev–Trinajstić information content (AvgIpc) is 3.39. The van der Waals surface area contributed by atoms with Crippen molar-refractivity contribution >= 4 is 21.6 Å². The molecule has 2 N–H and O–H groups in total. The van der Waals surface area contributed by atoms with Crippen LogP contribution in [0.1, 0.15) is 44.1 Å². The zero-order chi connectivity index (χ0) is 16.0. The summed E-state index contributed by atoms with van der Waals surface area (Å²) in [6, 6.07) is 5.15. The van der Waals surface area contributed by atoms with E-state index in [0.29, 0.717) is 23.2 Å². The van der Waals surface area contributed by atoms with Crippen LogP contribution in [0.3, 0.4) is 0 Å². The number of fused-ring (bicyclic) bond motifs is 1. The number of aryl methyl sites for hydroxylation is 1. The molecule has 124 valence electrons. The first-order chi connectivity index (χ1) is 11.0. The average molecular weight is 334 g/mol. The van der Waals surface area contributed by atoms with Gasteiger partial charge in [0.2, 0.25) is 15.9 Å². The Morgan fingerprint density at radius 1 is 1.09 bits per heavy atom. The Hall–Kier alpha value is -1.40. The number of carbonyl (C=O) groups is 1. The van der Waals surface area contributed by atoms with E-state index >= 15 is 0 Å². The van der Waals surface area contributed by atoms with Crippen LogP contribution in [-0.2, 0) is 21.2 Å². The van der Waals surface area contributed by atoms with Gasteiger partial charge < -0.3 is 5.32 Å². The summed E-state index contributed by atoms with van der Waals surface area (Å²) < 4.78 is 28.4. The fourth-order valence-electron chi connectivity index (χ4n) is 3.45. The summed E-state index contributed by atoms with van der Waals surface area (Å²) in [5, 5.41) is 2.84. The van der Waals surface area contributed by atoms with E-state index in [-0.39, 0.29) is 11.9 Å². The highest BCUT2D eigenvalue weighted by atomic mass is 32.2. The number of sulfonamides is 1. The maximum absolute atomic E-state index is 12.7. The molecular weight excluding hydrogens is 312 g/mol. The molecule has 6 heteroatoms. The molecule has 1 heterocycles. The topological polar surface area (TPSA) is 75.3 Å². The summed E-state index contributed by atoms with van der Waals surface area (Å²) in [6.07, 6.45) is 6.52. The van der Waals surface area contributed by atoms with Gasteiger partial charge in [-0.3, -0.25) is 4.79 Å². The number of hydrogen-bond donors (Lipinski definition) is 2. The normalized spacial score (nSPS) is 21.7. The number of hydrogen-bond acceptors (Lipinski definition) is 3. The lowest BCUT2D eigenvalue weighted by atomic mass is 10.1. The summed E-state index contributed by atoms with van der Waals surface area (Å²) in [7, 11) is -3.49. The van der Waals surface area contributed by atoms with Crippen molar-refractivity contribution in [2.75, 3.05) is 5.32 Å². The molecule has 2 aliphatic carbocycles. The van der Waals surface area contributed by atoms with Crippen molar-refractivity contribution in [2.45, 2.75) is 55.9 Å². The SMILES string of the molecule is O=C1CCCc2cc(S(=O)(=O)NC(C3CC3)C3CC3)ccc2N1. The Balaban J connectivity index is 1.58. The third kappa shape index (κ3) is 3.28. The van der Waals surface area contributed by atoms with Gasteiger partial charge in [-0.15, -0.1) is 0 Å². The lowest BCUT2D eigenvalue weighted by Crippen LogP contribution is -2.38. The minimum absolute atomic E-state index is 0.0000120. The Labute approximate surface area is 136 Å². The van der Waals surface area contributed by atoms with Crippen molar-refractivity contribution in [1.29, 1.82) is 0 Å². The highest BCUT2D eigenvalue weighted by Gasteiger charge is 2.43. The fraction of sp³-hybridized carbons (Fsp3) is 0.588. The fourth-order valence-corrected chi connectivity index (χ4v) is 4.88. The molecule has 1 aliphatic heterocycles. The molecule has 0 bridgehead atoms. The predicted molar refractivity (Wildman–Crippen MR) is 87.6 cm³/mol. The van der Waals surface area contributed by atoms with Crippen LogP contribution in [0.4, 0.5) is 5.69 Å². The summed E-state index contributed by atoms with van der Waals surface area (Å²) >= 11 is 0. The second-order valence-corrected chi connectivity index (χ2v) is 8.76. The second-order valence-electron chi connectivity index (χ2n) is 7.04.